The lowest BCUT2D eigenvalue weighted by molar-refractivity contribution is -0.150. The molecule has 0 aromatic carbocycles. The molecule has 0 radical (unpaired) electrons. The molecule has 2 N–H and O–H groups in total. The van der Waals surface area contributed by atoms with Gasteiger partial charge in [0.05, 0.1) is 0 Å². The van der Waals surface area contributed by atoms with Gasteiger partial charge in [0.25, 0.3) is 0 Å². The molecule has 1 aliphatic rings. The molecule has 2 atom stereocenters. The minimum absolute atomic E-state index is 0.0671. The van der Waals surface area contributed by atoms with Crippen LogP contribution in [0.2, 0.25) is 0 Å². The van der Waals surface area contributed by atoms with Crippen molar-refractivity contribution < 1.29 is 9.59 Å². The van der Waals surface area contributed by atoms with Crippen LogP contribution in [0.25, 0.3) is 0 Å². The quantitative estimate of drug-likeness (QED) is 0.731. The summed E-state index contributed by atoms with van der Waals surface area (Å²) in [5, 5.41) is 0. The number of hydrogen-bond donors (Lipinski definition) is 1. The van der Waals surface area contributed by atoms with Gasteiger partial charge in [-0.1, -0.05) is 27.2 Å². The lowest BCUT2D eigenvalue weighted by atomic mass is 9.95. The van der Waals surface area contributed by atoms with Crippen molar-refractivity contribution in [3.05, 3.63) is 0 Å². The maximum absolute atomic E-state index is 11.7. The first-order valence-electron chi connectivity index (χ1n) is 6.04. The fourth-order valence-corrected chi connectivity index (χ4v) is 1.92. The molecule has 0 bridgehead atoms. The molecule has 1 saturated heterocycles. The molecule has 0 aliphatic carbocycles. The number of carbonyl (C=O) groups is 2. The van der Waals surface area contributed by atoms with Gasteiger partial charge in [0.15, 0.2) is 0 Å². The van der Waals surface area contributed by atoms with Crippen LogP contribution in [0.4, 0.5) is 0 Å². The van der Waals surface area contributed by atoms with Crippen LogP contribution in [0.15, 0.2) is 0 Å². The zero-order valence-electron chi connectivity index (χ0n) is 10.4. The lowest BCUT2D eigenvalue weighted by Gasteiger charge is -2.31. The molecule has 2 amide bonds. The minimum atomic E-state index is -0.105. The second-order valence-electron chi connectivity index (χ2n) is 4.96. The maximum Gasteiger partial charge on any atom is 0.229 e. The predicted molar refractivity (Wildman–Crippen MR) is 62.5 cm³/mol. The Morgan fingerprint density at radius 2 is 1.88 bits per heavy atom. The van der Waals surface area contributed by atoms with Crippen LogP contribution in [0.3, 0.4) is 0 Å². The summed E-state index contributed by atoms with van der Waals surface area (Å²) < 4.78 is 0. The Labute approximate surface area is 97.2 Å². The Balaban J connectivity index is 2.59. The van der Waals surface area contributed by atoms with E-state index in [9.17, 15) is 9.59 Å². The van der Waals surface area contributed by atoms with Crippen molar-refractivity contribution >= 4 is 11.8 Å². The normalized spacial score (nSPS) is 22.4. The van der Waals surface area contributed by atoms with Gasteiger partial charge in [0.2, 0.25) is 11.8 Å². The average Bonchev–Trinajstić information content (AvgIpc) is 2.21. The molecule has 1 heterocycles. The standard InChI is InChI=1S/C12H22N2O2/c1-4-9(3)10(13)7-14-11(15)5-8(2)6-12(14)16/h8-10H,4-7,13H2,1-3H3. The zero-order chi connectivity index (χ0) is 12.3. The topological polar surface area (TPSA) is 63.4 Å². The number of imide groups is 1. The van der Waals surface area contributed by atoms with Crippen molar-refractivity contribution in [2.24, 2.45) is 17.6 Å². The number of likely N-dealkylation sites (tertiary alicyclic amines) is 1. The van der Waals surface area contributed by atoms with Gasteiger partial charge in [-0.3, -0.25) is 14.5 Å². The molecular weight excluding hydrogens is 204 g/mol. The summed E-state index contributed by atoms with van der Waals surface area (Å²) in [6.07, 6.45) is 1.91. The molecule has 2 unspecified atom stereocenters. The van der Waals surface area contributed by atoms with Crippen molar-refractivity contribution in [2.75, 3.05) is 6.54 Å². The lowest BCUT2D eigenvalue weighted by Crippen LogP contribution is -2.49. The maximum atomic E-state index is 11.7. The number of rotatable bonds is 4. The van der Waals surface area contributed by atoms with Crippen LogP contribution in [0, 0.1) is 11.8 Å². The second kappa shape index (κ2) is 5.43. The van der Waals surface area contributed by atoms with Gasteiger partial charge >= 0.3 is 0 Å². The average molecular weight is 226 g/mol. The van der Waals surface area contributed by atoms with Crippen LogP contribution in [-0.2, 0) is 9.59 Å². The summed E-state index contributed by atoms with van der Waals surface area (Å²) in [6, 6.07) is -0.105. The first-order valence-corrected chi connectivity index (χ1v) is 6.04. The fraction of sp³-hybridized carbons (Fsp3) is 0.833. The number of nitrogens with zero attached hydrogens (tertiary/aromatic N) is 1. The van der Waals surface area contributed by atoms with Gasteiger partial charge in [-0.05, 0) is 11.8 Å². The van der Waals surface area contributed by atoms with Crippen molar-refractivity contribution in [1.82, 2.24) is 4.90 Å². The summed E-state index contributed by atoms with van der Waals surface area (Å²) in [4.78, 5) is 24.8. The van der Waals surface area contributed by atoms with E-state index in [0.717, 1.165) is 6.42 Å². The van der Waals surface area contributed by atoms with E-state index in [-0.39, 0.29) is 23.8 Å². The second-order valence-corrected chi connectivity index (χ2v) is 4.96. The first-order chi connectivity index (χ1) is 7.45. The third kappa shape index (κ3) is 3.04. The van der Waals surface area contributed by atoms with E-state index in [2.05, 4.69) is 6.92 Å². The molecule has 1 rings (SSSR count). The number of hydrogen-bond acceptors (Lipinski definition) is 3. The summed E-state index contributed by atoms with van der Waals surface area (Å²) in [6.45, 7) is 6.42. The number of nitrogens with two attached hydrogens (primary N) is 1. The summed E-state index contributed by atoms with van der Waals surface area (Å²) in [5.41, 5.74) is 5.97. The number of carbonyl (C=O) groups excluding carboxylic acids is 2. The van der Waals surface area contributed by atoms with E-state index in [1.807, 2.05) is 13.8 Å². The van der Waals surface area contributed by atoms with Crippen molar-refractivity contribution in [1.29, 1.82) is 0 Å². The van der Waals surface area contributed by atoms with E-state index in [0.29, 0.717) is 25.3 Å². The van der Waals surface area contributed by atoms with Crippen LogP contribution in [0.5, 0.6) is 0 Å². The molecule has 16 heavy (non-hydrogen) atoms. The Morgan fingerprint density at radius 3 is 2.31 bits per heavy atom. The van der Waals surface area contributed by atoms with E-state index < -0.39 is 0 Å². The smallest absolute Gasteiger partial charge is 0.229 e. The van der Waals surface area contributed by atoms with E-state index in [1.54, 1.807) is 0 Å². The van der Waals surface area contributed by atoms with Crippen LogP contribution >= 0.6 is 0 Å². The highest BCUT2D eigenvalue weighted by Gasteiger charge is 2.31. The first kappa shape index (κ1) is 13.2. The highest BCUT2D eigenvalue weighted by Crippen LogP contribution is 2.19. The van der Waals surface area contributed by atoms with Gasteiger partial charge in [-0.25, -0.2) is 0 Å². The van der Waals surface area contributed by atoms with Gasteiger partial charge in [-0.2, -0.15) is 0 Å². The molecule has 4 heteroatoms. The van der Waals surface area contributed by atoms with Gasteiger partial charge in [0, 0.05) is 25.4 Å². The van der Waals surface area contributed by atoms with Gasteiger partial charge in [0.1, 0.15) is 0 Å². The zero-order valence-corrected chi connectivity index (χ0v) is 10.4. The van der Waals surface area contributed by atoms with Crippen LogP contribution < -0.4 is 5.73 Å². The van der Waals surface area contributed by atoms with E-state index in [4.69, 9.17) is 5.73 Å². The highest BCUT2D eigenvalue weighted by molar-refractivity contribution is 5.97. The third-order valence-electron chi connectivity index (χ3n) is 3.42. The molecule has 1 fully saturated rings. The molecule has 0 spiro atoms. The Morgan fingerprint density at radius 1 is 1.38 bits per heavy atom. The summed E-state index contributed by atoms with van der Waals surface area (Å²) >= 11 is 0. The minimum Gasteiger partial charge on any atom is -0.326 e. The Hall–Kier alpha value is -0.900. The molecule has 0 saturated carbocycles. The van der Waals surface area contributed by atoms with E-state index >= 15 is 0 Å². The fourth-order valence-electron chi connectivity index (χ4n) is 1.92. The summed E-state index contributed by atoms with van der Waals surface area (Å²) in [5.74, 6) is 0.376. The van der Waals surface area contributed by atoms with Gasteiger partial charge in [-0.15, -0.1) is 0 Å². The van der Waals surface area contributed by atoms with Crippen molar-refractivity contribution in [2.45, 2.75) is 46.1 Å². The molecule has 0 aromatic rings. The summed E-state index contributed by atoms with van der Waals surface area (Å²) in [7, 11) is 0. The Kier molecular flexibility index (Phi) is 4.47. The largest absolute Gasteiger partial charge is 0.326 e. The Bertz CT molecular complexity index is 260. The van der Waals surface area contributed by atoms with Gasteiger partial charge < -0.3 is 5.73 Å². The number of piperidine rings is 1. The number of amides is 2. The third-order valence-corrected chi connectivity index (χ3v) is 3.42. The highest BCUT2D eigenvalue weighted by atomic mass is 16.2. The molecule has 4 nitrogen and oxygen atoms in total. The molecule has 0 aromatic heterocycles. The molecule has 1 aliphatic heterocycles. The van der Waals surface area contributed by atoms with Crippen molar-refractivity contribution in [3.63, 3.8) is 0 Å². The SMILES string of the molecule is CCC(C)C(N)CN1C(=O)CC(C)CC1=O. The monoisotopic (exact) mass is 226 g/mol. The van der Waals surface area contributed by atoms with E-state index in [1.165, 1.54) is 4.90 Å². The van der Waals surface area contributed by atoms with Crippen LogP contribution in [-0.4, -0.2) is 29.3 Å². The van der Waals surface area contributed by atoms with Crippen LogP contribution in [0.1, 0.15) is 40.0 Å². The molecular formula is C12H22N2O2. The van der Waals surface area contributed by atoms with Crippen molar-refractivity contribution in [3.8, 4) is 0 Å². The molecule has 92 valence electrons. The predicted octanol–water partition coefficient (Wildman–Crippen LogP) is 1.14.